The van der Waals surface area contributed by atoms with Gasteiger partial charge < -0.3 is 10.6 Å². The smallest absolute Gasteiger partial charge is 0.292 e. The molecule has 0 bridgehead atoms. The van der Waals surface area contributed by atoms with E-state index in [2.05, 4.69) is 10.6 Å². The van der Waals surface area contributed by atoms with Gasteiger partial charge >= 0.3 is 0 Å². The SMILES string of the molecule is O=C(CCNc1ccccc1[N+](=O)[O-])Nc1cc(F)ccc1F. The summed E-state index contributed by atoms with van der Waals surface area (Å²) in [5.74, 6) is -1.95. The van der Waals surface area contributed by atoms with Crippen molar-refractivity contribution in [3.8, 4) is 0 Å². The molecule has 0 fully saturated rings. The van der Waals surface area contributed by atoms with Crippen LogP contribution in [0.4, 0.5) is 25.8 Å². The Morgan fingerprint density at radius 3 is 2.61 bits per heavy atom. The molecule has 0 heterocycles. The average molecular weight is 321 g/mol. The molecule has 0 aromatic heterocycles. The largest absolute Gasteiger partial charge is 0.379 e. The van der Waals surface area contributed by atoms with Gasteiger partial charge in [-0.05, 0) is 18.2 Å². The number of nitrogens with one attached hydrogen (secondary N) is 2. The molecule has 2 rings (SSSR count). The first-order chi connectivity index (χ1) is 11.0. The molecule has 0 aliphatic heterocycles. The zero-order valence-corrected chi connectivity index (χ0v) is 11.9. The number of hydrogen-bond acceptors (Lipinski definition) is 4. The van der Waals surface area contributed by atoms with Gasteiger partial charge in [-0.2, -0.15) is 0 Å². The number of hydrogen-bond donors (Lipinski definition) is 2. The summed E-state index contributed by atoms with van der Waals surface area (Å²) in [4.78, 5) is 22.0. The number of nitro groups is 1. The van der Waals surface area contributed by atoms with Crippen LogP contribution >= 0.6 is 0 Å². The van der Waals surface area contributed by atoms with E-state index in [1.807, 2.05) is 0 Å². The van der Waals surface area contributed by atoms with Gasteiger partial charge in [0.2, 0.25) is 5.91 Å². The summed E-state index contributed by atoms with van der Waals surface area (Å²) in [5.41, 5.74) is -0.0768. The highest BCUT2D eigenvalue weighted by molar-refractivity contribution is 5.91. The Labute approximate surface area is 130 Å². The topological polar surface area (TPSA) is 84.3 Å². The minimum Gasteiger partial charge on any atom is -0.379 e. The van der Waals surface area contributed by atoms with Gasteiger partial charge in [0.25, 0.3) is 5.69 Å². The summed E-state index contributed by atoms with van der Waals surface area (Å²) in [6.07, 6.45) is -0.0675. The van der Waals surface area contributed by atoms with Crippen molar-refractivity contribution >= 4 is 23.0 Å². The van der Waals surface area contributed by atoms with E-state index in [0.717, 1.165) is 18.2 Å². The van der Waals surface area contributed by atoms with E-state index in [9.17, 15) is 23.7 Å². The van der Waals surface area contributed by atoms with Gasteiger partial charge in [0, 0.05) is 25.1 Å². The fraction of sp³-hybridized carbons (Fsp3) is 0.133. The minimum atomic E-state index is -0.744. The molecule has 2 aromatic rings. The number of rotatable bonds is 6. The predicted molar refractivity (Wildman–Crippen MR) is 81.2 cm³/mol. The Balaban J connectivity index is 1.90. The van der Waals surface area contributed by atoms with Crippen molar-refractivity contribution in [3.63, 3.8) is 0 Å². The predicted octanol–water partition coefficient (Wildman–Crippen LogP) is 3.31. The number of nitro benzene ring substituents is 1. The van der Waals surface area contributed by atoms with Gasteiger partial charge in [0.05, 0.1) is 10.6 Å². The molecular weight excluding hydrogens is 308 g/mol. The number of anilines is 2. The van der Waals surface area contributed by atoms with Crippen LogP contribution < -0.4 is 10.6 Å². The molecule has 0 saturated heterocycles. The second kappa shape index (κ2) is 7.30. The first-order valence-corrected chi connectivity index (χ1v) is 6.69. The molecule has 0 spiro atoms. The summed E-state index contributed by atoms with van der Waals surface area (Å²) >= 11 is 0. The van der Waals surface area contributed by atoms with Crippen molar-refractivity contribution in [2.75, 3.05) is 17.2 Å². The zero-order valence-electron chi connectivity index (χ0n) is 11.9. The van der Waals surface area contributed by atoms with E-state index in [1.54, 1.807) is 6.07 Å². The molecule has 1 amide bonds. The third-order valence-corrected chi connectivity index (χ3v) is 2.97. The lowest BCUT2D eigenvalue weighted by molar-refractivity contribution is -0.384. The molecular formula is C15H13F2N3O3. The summed E-state index contributed by atoms with van der Waals surface area (Å²) in [5, 5.41) is 15.9. The van der Waals surface area contributed by atoms with E-state index < -0.39 is 22.5 Å². The van der Waals surface area contributed by atoms with E-state index in [4.69, 9.17) is 0 Å². The monoisotopic (exact) mass is 321 g/mol. The molecule has 120 valence electrons. The number of halogens is 2. The molecule has 0 radical (unpaired) electrons. The average Bonchev–Trinajstić information content (AvgIpc) is 2.51. The molecule has 0 unspecified atom stereocenters. The van der Waals surface area contributed by atoms with Crippen LogP contribution in [0, 0.1) is 21.7 Å². The number of para-hydroxylation sites is 2. The lowest BCUT2D eigenvalue weighted by Crippen LogP contribution is -2.17. The number of amides is 1. The summed E-state index contributed by atoms with van der Waals surface area (Å²) < 4.78 is 26.4. The van der Waals surface area contributed by atoms with E-state index in [0.29, 0.717) is 0 Å². The quantitative estimate of drug-likeness (QED) is 0.631. The van der Waals surface area contributed by atoms with Crippen molar-refractivity contribution in [3.05, 3.63) is 64.2 Å². The van der Waals surface area contributed by atoms with Crippen LogP contribution in [0.2, 0.25) is 0 Å². The van der Waals surface area contributed by atoms with Crippen molar-refractivity contribution in [1.29, 1.82) is 0 Å². The zero-order chi connectivity index (χ0) is 16.8. The highest BCUT2D eigenvalue weighted by Gasteiger charge is 2.12. The number of carbonyl (C=O) groups is 1. The summed E-state index contributed by atoms with van der Waals surface area (Å²) in [6.45, 7) is 0.105. The van der Waals surface area contributed by atoms with Gasteiger partial charge in [0.1, 0.15) is 17.3 Å². The second-order valence-corrected chi connectivity index (χ2v) is 4.62. The van der Waals surface area contributed by atoms with E-state index in [1.165, 1.54) is 18.2 Å². The lowest BCUT2D eigenvalue weighted by Gasteiger charge is -2.08. The van der Waals surface area contributed by atoms with Crippen LogP contribution in [-0.4, -0.2) is 17.4 Å². The third kappa shape index (κ3) is 4.47. The Bertz CT molecular complexity index is 738. The molecule has 0 atom stereocenters. The van der Waals surface area contributed by atoms with Crippen molar-refractivity contribution in [1.82, 2.24) is 0 Å². The van der Waals surface area contributed by atoms with Crippen molar-refractivity contribution in [2.45, 2.75) is 6.42 Å². The van der Waals surface area contributed by atoms with E-state index in [-0.39, 0.29) is 30.0 Å². The maximum Gasteiger partial charge on any atom is 0.292 e. The van der Waals surface area contributed by atoms with Crippen molar-refractivity contribution < 1.29 is 18.5 Å². The Morgan fingerprint density at radius 2 is 1.87 bits per heavy atom. The van der Waals surface area contributed by atoms with Gasteiger partial charge in [-0.3, -0.25) is 14.9 Å². The Hall–Kier alpha value is -3.03. The van der Waals surface area contributed by atoms with Gasteiger partial charge in [-0.15, -0.1) is 0 Å². The van der Waals surface area contributed by atoms with Crippen LogP contribution in [-0.2, 0) is 4.79 Å². The maximum absolute atomic E-state index is 13.4. The number of carbonyl (C=O) groups excluding carboxylic acids is 1. The van der Waals surface area contributed by atoms with Gasteiger partial charge in [0.15, 0.2) is 0 Å². The molecule has 6 nitrogen and oxygen atoms in total. The van der Waals surface area contributed by atoms with Crippen LogP contribution in [0.5, 0.6) is 0 Å². The number of benzene rings is 2. The highest BCUT2D eigenvalue weighted by atomic mass is 19.1. The van der Waals surface area contributed by atoms with Crippen LogP contribution in [0.1, 0.15) is 6.42 Å². The second-order valence-electron chi connectivity index (χ2n) is 4.62. The standard InChI is InChI=1S/C15H13F2N3O3/c16-10-5-6-11(17)13(9-10)19-15(21)7-8-18-12-3-1-2-4-14(12)20(22)23/h1-6,9,18H,7-8H2,(H,19,21). The Morgan fingerprint density at radius 1 is 1.13 bits per heavy atom. The van der Waals surface area contributed by atoms with Crippen LogP contribution in [0.3, 0.4) is 0 Å². The Kier molecular flexibility index (Phi) is 5.19. The first kappa shape index (κ1) is 16.3. The first-order valence-electron chi connectivity index (χ1n) is 6.69. The molecule has 0 aliphatic carbocycles. The molecule has 0 aliphatic rings. The van der Waals surface area contributed by atoms with E-state index >= 15 is 0 Å². The molecule has 2 aromatic carbocycles. The maximum atomic E-state index is 13.4. The molecule has 23 heavy (non-hydrogen) atoms. The summed E-state index contributed by atoms with van der Waals surface area (Å²) in [6, 6.07) is 8.74. The minimum absolute atomic E-state index is 0.0675. The molecule has 0 saturated carbocycles. The normalized spacial score (nSPS) is 10.2. The third-order valence-electron chi connectivity index (χ3n) is 2.97. The highest BCUT2D eigenvalue weighted by Crippen LogP contribution is 2.23. The fourth-order valence-electron chi connectivity index (χ4n) is 1.90. The van der Waals surface area contributed by atoms with Crippen molar-refractivity contribution in [2.24, 2.45) is 0 Å². The summed E-state index contributed by atoms with van der Waals surface area (Å²) in [7, 11) is 0. The molecule has 2 N–H and O–H groups in total. The van der Waals surface area contributed by atoms with Crippen LogP contribution in [0.25, 0.3) is 0 Å². The fourth-order valence-corrected chi connectivity index (χ4v) is 1.90. The number of nitrogens with zero attached hydrogens (tertiary/aromatic N) is 1. The van der Waals surface area contributed by atoms with Crippen LogP contribution in [0.15, 0.2) is 42.5 Å². The lowest BCUT2D eigenvalue weighted by atomic mass is 10.2. The van der Waals surface area contributed by atoms with Gasteiger partial charge in [-0.1, -0.05) is 12.1 Å². The van der Waals surface area contributed by atoms with Gasteiger partial charge in [-0.25, -0.2) is 8.78 Å². The molecule has 8 heteroatoms.